The van der Waals surface area contributed by atoms with Crippen molar-refractivity contribution < 1.29 is 12.8 Å². The van der Waals surface area contributed by atoms with E-state index >= 15 is 4.39 Å². The van der Waals surface area contributed by atoms with Gasteiger partial charge in [-0.1, -0.05) is 29.8 Å². The summed E-state index contributed by atoms with van der Waals surface area (Å²) in [5.41, 5.74) is 15.2. The van der Waals surface area contributed by atoms with Crippen LogP contribution in [0, 0.1) is 5.82 Å². The number of nitrogens with zero attached hydrogens (tertiary/aromatic N) is 3. The third-order valence-corrected chi connectivity index (χ3v) is 8.96. The Balaban J connectivity index is 1.57. The first-order valence-electron chi connectivity index (χ1n) is 12.6. The van der Waals surface area contributed by atoms with Crippen LogP contribution in [0.2, 0.25) is 5.02 Å². The molecule has 11 heteroatoms. The maximum Gasteiger partial charge on any atom is 0.263 e. The number of hydrogen-bond donors (Lipinski definition) is 3. The molecule has 2 aromatic heterocycles. The second-order valence-corrected chi connectivity index (χ2v) is 12.1. The second kappa shape index (κ2) is 10.2. The van der Waals surface area contributed by atoms with Crippen molar-refractivity contribution in [2.45, 2.75) is 62.4 Å². The van der Waals surface area contributed by atoms with Crippen molar-refractivity contribution in [2.75, 3.05) is 10.5 Å². The molecule has 0 unspecified atom stereocenters. The number of nitrogens with two attached hydrogens (primary N) is 2. The number of fused-ring (bicyclic) bond motifs is 1. The van der Waals surface area contributed by atoms with Crippen molar-refractivity contribution in [3.63, 3.8) is 0 Å². The van der Waals surface area contributed by atoms with Gasteiger partial charge in [0.2, 0.25) is 0 Å². The zero-order chi connectivity index (χ0) is 27.2. The maximum atomic E-state index is 15.3. The first-order valence-corrected chi connectivity index (χ1v) is 14.4. The Morgan fingerprint density at radius 2 is 1.84 bits per heavy atom. The van der Waals surface area contributed by atoms with E-state index in [1.807, 2.05) is 24.7 Å². The average molecular weight is 557 g/mol. The fraction of sp³-hybridized carbons (Fsp3) is 0.333. The summed E-state index contributed by atoms with van der Waals surface area (Å²) in [7, 11) is -4.10. The number of pyridine rings is 1. The summed E-state index contributed by atoms with van der Waals surface area (Å²) in [5, 5.41) is 5.55. The van der Waals surface area contributed by atoms with Gasteiger partial charge in [-0.3, -0.25) is 9.40 Å². The first-order chi connectivity index (χ1) is 18.1. The number of anilines is 2. The lowest BCUT2D eigenvalue weighted by Gasteiger charge is -2.27. The van der Waals surface area contributed by atoms with E-state index in [-0.39, 0.29) is 33.6 Å². The fourth-order valence-corrected chi connectivity index (χ4v) is 6.72. The lowest BCUT2D eigenvalue weighted by atomic mass is 9.82. The molecule has 0 bridgehead atoms. The molecule has 200 valence electrons. The second-order valence-electron chi connectivity index (χ2n) is 10.1. The smallest absolute Gasteiger partial charge is 0.263 e. The van der Waals surface area contributed by atoms with Gasteiger partial charge in [-0.15, -0.1) is 0 Å². The Kier molecular flexibility index (Phi) is 7.06. The van der Waals surface area contributed by atoms with Crippen LogP contribution in [-0.2, 0) is 10.0 Å². The minimum absolute atomic E-state index is 0.0178. The van der Waals surface area contributed by atoms with Crippen LogP contribution in [0.3, 0.4) is 0 Å². The van der Waals surface area contributed by atoms with E-state index in [9.17, 15) is 8.42 Å². The Hall–Kier alpha value is -3.21. The summed E-state index contributed by atoms with van der Waals surface area (Å²) in [6.45, 7) is 4.06. The molecule has 0 atom stereocenters. The van der Waals surface area contributed by atoms with E-state index in [1.54, 1.807) is 18.2 Å². The molecule has 2 aromatic carbocycles. The van der Waals surface area contributed by atoms with Gasteiger partial charge in [-0.2, -0.15) is 5.10 Å². The van der Waals surface area contributed by atoms with Crippen molar-refractivity contribution in [3.8, 4) is 11.3 Å². The number of halogens is 2. The number of nitrogens with one attached hydrogen (secondary N) is 1. The van der Waals surface area contributed by atoms with Gasteiger partial charge in [0.1, 0.15) is 22.2 Å². The topological polar surface area (TPSA) is 129 Å². The van der Waals surface area contributed by atoms with Gasteiger partial charge in [0.05, 0.1) is 21.6 Å². The highest BCUT2D eigenvalue weighted by atomic mass is 35.5. The molecule has 2 heterocycles. The molecule has 1 saturated carbocycles. The molecule has 0 spiro atoms. The van der Waals surface area contributed by atoms with Crippen LogP contribution in [-0.4, -0.2) is 29.2 Å². The normalized spacial score (nSPS) is 18.3. The van der Waals surface area contributed by atoms with Crippen LogP contribution >= 0.6 is 11.6 Å². The van der Waals surface area contributed by atoms with Crippen LogP contribution in [0.5, 0.6) is 0 Å². The monoisotopic (exact) mass is 556 g/mol. The van der Waals surface area contributed by atoms with Crippen molar-refractivity contribution >= 4 is 44.0 Å². The summed E-state index contributed by atoms with van der Waals surface area (Å²) >= 11 is 6.05. The molecule has 0 saturated heterocycles. The van der Waals surface area contributed by atoms with E-state index in [1.165, 1.54) is 24.3 Å². The van der Waals surface area contributed by atoms with Gasteiger partial charge < -0.3 is 11.5 Å². The number of nitrogen functional groups attached to an aromatic ring is 1. The zero-order valence-electron chi connectivity index (χ0n) is 21.2. The molecule has 1 aliphatic rings. The van der Waals surface area contributed by atoms with Gasteiger partial charge >= 0.3 is 0 Å². The number of hydrogen-bond acceptors (Lipinski definition) is 6. The molecular weight excluding hydrogens is 527 g/mol. The van der Waals surface area contributed by atoms with Crippen molar-refractivity contribution in [1.82, 2.24) is 14.8 Å². The Morgan fingerprint density at radius 1 is 1.13 bits per heavy atom. The highest BCUT2D eigenvalue weighted by Crippen LogP contribution is 2.41. The lowest BCUT2D eigenvalue weighted by Crippen LogP contribution is -2.26. The van der Waals surface area contributed by atoms with Gasteiger partial charge in [-0.05, 0) is 75.3 Å². The largest absolute Gasteiger partial charge is 0.383 e. The molecule has 0 radical (unpaired) electrons. The Bertz CT molecular complexity index is 1610. The highest BCUT2D eigenvalue weighted by Gasteiger charge is 2.28. The predicted octanol–water partition coefficient (Wildman–Crippen LogP) is 5.84. The molecule has 5 N–H and O–H groups in total. The van der Waals surface area contributed by atoms with Crippen molar-refractivity contribution in [2.24, 2.45) is 5.73 Å². The molecule has 8 nitrogen and oxygen atoms in total. The van der Waals surface area contributed by atoms with Gasteiger partial charge in [0, 0.05) is 23.8 Å². The number of sulfonamides is 1. The molecule has 5 rings (SSSR count). The van der Waals surface area contributed by atoms with Gasteiger partial charge in [-0.25, -0.2) is 17.8 Å². The SMILES string of the molecule is CC(C)n1nc(-c2ccc(NS(=O)(=O)c3ccccc3Cl)c(F)c2)c2c(N)ncc(C3CCC(N)CC3)c21. The van der Waals surface area contributed by atoms with E-state index in [4.69, 9.17) is 28.2 Å². The molecule has 1 fully saturated rings. The standard InChI is InChI=1S/C27H30ClFN6O2S/c1-15(2)35-26-19(16-7-10-18(30)11-8-16)14-32-27(31)24(26)25(33-35)17-9-12-22(21(29)13-17)34-38(36,37)23-6-4-3-5-20(23)28/h3-6,9,12-16,18,34H,7-8,10-11,30H2,1-2H3,(H2,31,32). The highest BCUT2D eigenvalue weighted by molar-refractivity contribution is 7.92. The Morgan fingerprint density at radius 3 is 2.50 bits per heavy atom. The number of rotatable bonds is 6. The van der Waals surface area contributed by atoms with Crippen LogP contribution < -0.4 is 16.2 Å². The minimum Gasteiger partial charge on any atom is -0.383 e. The van der Waals surface area contributed by atoms with Crippen LogP contribution in [0.1, 0.15) is 57.1 Å². The number of benzene rings is 2. The van der Waals surface area contributed by atoms with Crippen LogP contribution in [0.15, 0.2) is 53.6 Å². The van der Waals surface area contributed by atoms with E-state index in [2.05, 4.69) is 9.71 Å². The summed E-state index contributed by atoms with van der Waals surface area (Å²) in [6.07, 6.45) is 5.62. The fourth-order valence-electron chi connectivity index (χ4n) is 5.13. The zero-order valence-corrected chi connectivity index (χ0v) is 22.7. The third-order valence-electron chi connectivity index (χ3n) is 7.10. The van der Waals surface area contributed by atoms with E-state index in [0.29, 0.717) is 22.5 Å². The Labute approximate surface area is 226 Å². The van der Waals surface area contributed by atoms with Gasteiger partial charge in [0.25, 0.3) is 10.0 Å². The van der Waals surface area contributed by atoms with Crippen LogP contribution in [0.4, 0.5) is 15.9 Å². The third kappa shape index (κ3) is 4.83. The molecule has 1 aliphatic carbocycles. The predicted molar refractivity (Wildman–Crippen MR) is 149 cm³/mol. The molecule has 0 amide bonds. The summed E-state index contributed by atoms with van der Waals surface area (Å²) in [5.74, 6) is -0.165. The van der Waals surface area contributed by atoms with Crippen LogP contribution in [0.25, 0.3) is 22.2 Å². The maximum absolute atomic E-state index is 15.3. The quantitative estimate of drug-likeness (QED) is 0.273. The average Bonchev–Trinajstić information content (AvgIpc) is 3.28. The molecule has 38 heavy (non-hydrogen) atoms. The van der Waals surface area contributed by atoms with Crippen molar-refractivity contribution in [1.29, 1.82) is 0 Å². The lowest BCUT2D eigenvalue weighted by molar-refractivity contribution is 0.395. The minimum atomic E-state index is -4.10. The van der Waals surface area contributed by atoms with E-state index in [0.717, 1.165) is 36.8 Å². The van der Waals surface area contributed by atoms with Crippen molar-refractivity contribution in [3.05, 3.63) is 65.1 Å². The molecule has 4 aromatic rings. The molecular formula is C27H30ClFN6O2S. The number of aromatic nitrogens is 3. The summed E-state index contributed by atoms with van der Waals surface area (Å²) in [6, 6.07) is 10.4. The summed E-state index contributed by atoms with van der Waals surface area (Å²) in [4.78, 5) is 4.35. The molecule has 0 aliphatic heterocycles. The van der Waals surface area contributed by atoms with E-state index < -0.39 is 15.8 Å². The summed E-state index contributed by atoms with van der Waals surface area (Å²) < 4.78 is 45.2. The van der Waals surface area contributed by atoms with Gasteiger partial charge in [0.15, 0.2) is 0 Å². The first kappa shape index (κ1) is 26.4.